The standard InChI is InChI=1S/C16H26N4O2/c1-12(2)13-7-6-8-14(11-13)19-20-15(21)9-4-3-5-10-18-16(17)22/h6-8,11-12,19H,3-5,9-10H2,1-2H3,(H,20,21)(H3,17,18,22). The van der Waals surface area contributed by atoms with Crippen molar-refractivity contribution in [1.82, 2.24) is 10.7 Å². The van der Waals surface area contributed by atoms with Crippen molar-refractivity contribution in [3.05, 3.63) is 29.8 Å². The average molecular weight is 306 g/mol. The highest BCUT2D eigenvalue weighted by Gasteiger charge is 2.03. The number of amides is 3. The number of hydrogen-bond donors (Lipinski definition) is 4. The predicted octanol–water partition coefficient (Wildman–Crippen LogP) is 2.48. The molecule has 0 spiro atoms. The number of hydrazine groups is 1. The predicted molar refractivity (Wildman–Crippen MR) is 88.4 cm³/mol. The summed E-state index contributed by atoms with van der Waals surface area (Å²) in [4.78, 5) is 22.2. The number of carbonyl (C=O) groups is 2. The normalized spacial score (nSPS) is 10.3. The molecule has 22 heavy (non-hydrogen) atoms. The molecule has 0 atom stereocenters. The smallest absolute Gasteiger partial charge is 0.312 e. The molecule has 0 saturated heterocycles. The summed E-state index contributed by atoms with van der Waals surface area (Å²) in [5, 5.41) is 2.52. The van der Waals surface area contributed by atoms with Gasteiger partial charge in [-0.2, -0.15) is 0 Å². The third-order valence-electron chi connectivity index (χ3n) is 3.28. The molecule has 0 aliphatic rings. The van der Waals surface area contributed by atoms with Crippen LogP contribution in [0.3, 0.4) is 0 Å². The molecule has 6 heteroatoms. The van der Waals surface area contributed by atoms with Crippen LogP contribution in [0.2, 0.25) is 0 Å². The number of nitrogens with one attached hydrogen (secondary N) is 3. The lowest BCUT2D eigenvalue weighted by atomic mass is 10.0. The lowest BCUT2D eigenvalue weighted by Crippen LogP contribution is -2.30. The summed E-state index contributed by atoms with van der Waals surface area (Å²) < 4.78 is 0. The molecule has 3 amide bonds. The topological polar surface area (TPSA) is 96.2 Å². The second-order valence-corrected chi connectivity index (χ2v) is 5.56. The number of nitrogens with two attached hydrogens (primary N) is 1. The zero-order valence-electron chi connectivity index (χ0n) is 13.3. The second-order valence-electron chi connectivity index (χ2n) is 5.56. The molecule has 0 unspecified atom stereocenters. The minimum atomic E-state index is -0.509. The van der Waals surface area contributed by atoms with Gasteiger partial charge in [0.25, 0.3) is 0 Å². The second kappa shape index (κ2) is 9.65. The molecule has 0 radical (unpaired) electrons. The highest BCUT2D eigenvalue weighted by molar-refractivity contribution is 5.77. The quantitative estimate of drug-likeness (QED) is 0.417. The molecule has 0 aromatic heterocycles. The van der Waals surface area contributed by atoms with Gasteiger partial charge >= 0.3 is 6.03 Å². The van der Waals surface area contributed by atoms with E-state index in [1.54, 1.807) is 0 Å². The molecule has 0 fully saturated rings. The fourth-order valence-electron chi connectivity index (χ4n) is 1.98. The molecule has 0 aliphatic heterocycles. The first kappa shape index (κ1) is 17.8. The summed E-state index contributed by atoms with van der Waals surface area (Å²) in [5.41, 5.74) is 12.7. The van der Waals surface area contributed by atoms with E-state index in [0.29, 0.717) is 18.9 Å². The Kier molecular flexibility index (Phi) is 7.81. The third kappa shape index (κ3) is 7.52. The van der Waals surface area contributed by atoms with Crippen molar-refractivity contribution in [2.45, 2.75) is 45.4 Å². The lowest BCUT2D eigenvalue weighted by Gasteiger charge is -2.11. The Bertz CT molecular complexity index is 489. The maximum atomic E-state index is 11.7. The van der Waals surface area contributed by atoms with Crippen molar-refractivity contribution in [2.75, 3.05) is 12.0 Å². The zero-order valence-corrected chi connectivity index (χ0v) is 13.3. The number of anilines is 1. The van der Waals surface area contributed by atoms with E-state index >= 15 is 0 Å². The molecule has 0 heterocycles. The lowest BCUT2D eigenvalue weighted by molar-refractivity contribution is -0.120. The third-order valence-corrected chi connectivity index (χ3v) is 3.28. The Morgan fingerprint density at radius 1 is 1.18 bits per heavy atom. The van der Waals surface area contributed by atoms with Crippen molar-refractivity contribution in [2.24, 2.45) is 5.73 Å². The van der Waals surface area contributed by atoms with Gasteiger partial charge < -0.3 is 11.1 Å². The van der Waals surface area contributed by atoms with E-state index in [-0.39, 0.29) is 5.91 Å². The first-order chi connectivity index (χ1) is 10.5. The number of unbranched alkanes of at least 4 members (excludes halogenated alkanes) is 2. The first-order valence-corrected chi connectivity index (χ1v) is 7.67. The van der Waals surface area contributed by atoms with E-state index < -0.39 is 6.03 Å². The minimum Gasteiger partial charge on any atom is -0.352 e. The van der Waals surface area contributed by atoms with Crippen LogP contribution in [0.25, 0.3) is 0 Å². The Labute approximate surface area is 131 Å². The van der Waals surface area contributed by atoms with Crippen molar-refractivity contribution in [3.8, 4) is 0 Å². The van der Waals surface area contributed by atoms with E-state index in [0.717, 1.165) is 24.9 Å². The summed E-state index contributed by atoms with van der Waals surface area (Å²) in [6, 6.07) is 7.47. The van der Waals surface area contributed by atoms with Gasteiger partial charge in [-0.15, -0.1) is 0 Å². The van der Waals surface area contributed by atoms with Crippen LogP contribution < -0.4 is 21.9 Å². The molecule has 0 bridgehead atoms. The van der Waals surface area contributed by atoms with Crippen LogP contribution in [-0.2, 0) is 4.79 Å². The van der Waals surface area contributed by atoms with E-state index in [9.17, 15) is 9.59 Å². The van der Waals surface area contributed by atoms with E-state index in [4.69, 9.17) is 5.73 Å². The van der Waals surface area contributed by atoms with Gasteiger partial charge in [-0.3, -0.25) is 15.6 Å². The fraction of sp³-hybridized carbons (Fsp3) is 0.500. The largest absolute Gasteiger partial charge is 0.352 e. The molecule has 0 saturated carbocycles. The summed E-state index contributed by atoms with van der Waals surface area (Å²) in [7, 11) is 0. The van der Waals surface area contributed by atoms with E-state index in [2.05, 4.69) is 36.1 Å². The number of hydrogen-bond acceptors (Lipinski definition) is 3. The van der Waals surface area contributed by atoms with Crippen LogP contribution >= 0.6 is 0 Å². The summed E-state index contributed by atoms with van der Waals surface area (Å²) in [5.74, 6) is 0.407. The van der Waals surface area contributed by atoms with Crippen LogP contribution in [-0.4, -0.2) is 18.5 Å². The van der Waals surface area contributed by atoms with Gasteiger partial charge in [-0.1, -0.05) is 32.4 Å². The van der Waals surface area contributed by atoms with Gasteiger partial charge in [0.2, 0.25) is 5.91 Å². The molecule has 1 aromatic rings. The van der Waals surface area contributed by atoms with Gasteiger partial charge in [-0.05, 0) is 36.5 Å². The number of rotatable bonds is 9. The van der Waals surface area contributed by atoms with Gasteiger partial charge in [0.05, 0.1) is 5.69 Å². The van der Waals surface area contributed by atoms with Crippen molar-refractivity contribution in [1.29, 1.82) is 0 Å². The van der Waals surface area contributed by atoms with Crippen LogP contribution in [0.5, 0.6) is 0 Å². The number of urea groups is 1. The van der Waals surface area contributed by atoms with Crippen LogP contribution in [0, 0.1) is 0 Å². The molecular weight excluding hydrogens is 280 g/mol. The van der Waals surface area contributed by atoms with Crippen molar-refractivity contribution in [3.63, 3.8) is 0 Å². The van der Waals surface area contributed by atoms with Crippen molar-refractivity contribution < 1.29 is 9.59 Å². The number of benzene rings is 1. The Hall–Kier alpha value is -2.24. The van der Waals surface area contributed by atoms with Gasteiger partial charge in [-0.25, -0.2) is 4.79 Å². The SMILES string of the molecule is CC(C)c1cccc(NNC(=O)CCCCCNC(N)=O)c1. The summed E-state index contributed by atoms with van der Waals surface area (Å²) in [6.07, 6.45) is 2.92. The van der Waals surface area contributed by atoms with Gasteiger partial charge in [0, 0.05) is 13.0 Å². The monoisotopic (exact) mass is 306 g/mol. The maximum Gasteiger partial charge on any atom is 0.312 e. The van der Waals surface area contributed by atoms with E-state index in [1.807, 2.05) is 18.2 Å². The average Bonchev–Trinajstić information content (AvgIpc) is 2.48. The fourth-order valence-corrected chi connectivity index (χ4v) is 1.98. The Morgan fingerprint density at radius 2 is 1.95 bits per heavy atom. The van der Waals surface area contributed by atoms with Gasteiger partial charge in [0.15, 0.2) is 0 Å². The highest BCUT2D eigenvalue weighted by Crippen LogP contribution is 2.17. The molecular formula is C16H26N4O2. The van der Waals surface area contributed by atoms with Gasteiger partial charge in [0.1, 0.15) is 0 Å². The molecule has 0 aliphatic carbocycles. The minimum absolute atomic E-state index is 0.0437. The Morgan fingerprint density at radius 3 is 2.64 bits per heavy atom. The molecule has 1 rings (SSSR count). The molecule has 5 N–H and O–H groups in total. The number of carbonyl (C=O) groups excluding carboxylic acids is 2. The molecule has 122 valence electrons. The summed E-state index contributed by atoms with van der Waals surface area (Å²) >= 11 is 0. The summed E-state index contributed by atoms with van der Waals surface area (Å²) in [6.45, 7) is 4.81. The highest BCUT2D eigenvalue weighted by atomic mass is 16.2. The van der Waals surface area contributed by atoms with Crippen LogP contribution in [0.4, 0.5) is 10.5 Å². The maximum absolute atomic E-state index is 11.7. The molecule has 6 nitrogen and oxygen atoms in total. The van der Waals surface area contributed by atoms with Crippen molar-refractivity contribution >= 4 is 17.6 Å². The van der Waals surface area contributed by atoms with E-state index in [1.165, 1.54) is 5.56 Å². The Balaban J connectivity index is 2.18. The number of primary amides is 1. The zero-order chi connectivity index (χ0) is 16.4. The van der Waals surface area contributed by atoms with Crippen LogP contribution in [0.15, 0.2) is 24.3 Å². The van der Waals surface area contributed by atoms with Crippen LogP contribution in [0.1, 0.15) is 51.0 Å². The first-order valence-electron chi connectivity index (χ1n) is 7.67. The molecule has 1 aromatic carbocycles.